The van der Waals surface area contributed by atoms with Crippen LogP contribution in [-0.4, -0.2) is 58.5 Å². The average Bonchev–Trinajstić information content (AvgIpc) is 3.18. The van der Waals surface area contributed by atoms with Crippen molar-refractivity contribution in [2.45, 2.75) is 31.4 Å². The Morgan fingerprint density at radius 2 is 1.76 bits per heavy atom. The van der Waals surface area contributed by atoms with Gasteiger partial charge in [0, 0.05) is 25.7 Å². The van der Waals surface area contributed by atoms with Gasteiger partial charge in [-0.05, 0) is 47.7 Å². The number of para-hydroxylation sites is 2. The Morgan fingerprint density at radius 3 is 2.64 bits per heavy atom. The summed E-state index contributed by atoms with van der Waals surface area (Å²) in [6, 6.07) is 22.8. The zero-order valence-electron chi connectivity index (χ0n) is 18.8. The zero-order chi connectivity index (χ0) is 22.6. The maximum atomic E-state index is 12.5. The van der Waals surface area contributed by atoms with E-state index in [1.807, 2.05) is 28.8 Å². The van der Waals surface area contributed by atoms with Crippen molar-refractivity contribution in [1.29, 1.82) is 0 Å². The van der Waals surface area contributed by atoms with E-state index < -0.39 is 6.10 Å². The van der Waals surface area contributed by atoms with Crippen molar-refractivity contribution in [3.05, 3.63) is 82.8 Å². The van der Waals surface area contributed by atoms with Crippen LogP contribution in [-0.2, 0) is 11.2 Å². The number of aromatic amines is 1. The van der Waals surface area contributed by atoms with Gasteiger partial charge in [0.05, 0.1) is 30.4 Å². The second kappa shape index (κ2) is 9.91. The number of imidazole rings is 1. The van der Waals surface area contributed by atoms with Gasteiger partial charge in [0.2, 0.25) is 0 Å². The first kappa shape index (κ1) is 21.9. The minimum atomic E-state index is -0.509. The summed E-state index contributed by atoms with van der Waals surface area (Å²) >= 11 is 0. The van der Waals surface area contributed by atoms with Crippen LogP contribution in [0.4, 0.5) is 0 Å². The summed E-state index contributed by atoms with van der Waals surface area (Å²) in [5, 5.41) is 13.0. The molecule has 0 radical (unpaired) electrons. The van der Waals surface area contributed by atoms with Gasteiger partial charge in [0.25, 0.3) is 0 Å². The van der Waals surface area contributed by atoms with Crippen molar-refractivity contribution in [3.8, 4) is 0 Å². The van der Waals surface area contributed by atoms with Gasteiger partial charge in [-0.25, -0.2) is 4.79 Å². The molecule has 4 aromatic rings. The Hall–Kier alpha value is -2.93. The summed E-state index contributed by atoms with van der Waals surface area (Å²) in [4.78, 5) is 17.7. The topological polar surface area (TPSA) is 70.5 Å². The molecule has 1 aromatic heterocycles. The molecule has 1 aliphatic rings. The van der Waals surface area contributed by atoms with Crippen LogP contribution in [0.5, 0.6) is 0 Å². The van der Waals surface area contributed by atoms with Crippen molar-refractivity contribution < 1.29 is 9.84 Å². The third-order valence-electron chi connectivity index (χ3n) is 6.72. The lowest BCUT2D eigenvalue weighted by Crippen LogP contribution is -2.41. The largest absolute Gasteiger partial charge is 0.389 e. The van der Waals surface area contributed by atoms with E-state index in [1.54, 1.807) is 0 Å². The van der Waals surface area contributed by atoms with Crippen molar-refractivity contribution in [1.82, 2.24) is 14.5 Å². The molecule has 1 atom stereocenters. The number of hydrogen-bond donors (Lipinski definition) is 2. The average molecular weight is 446 g/mol. The Morgan fingerprint density at radius 1 is 1.00 bits per heavy atom. The van der Waals surface area contributed by atoms with Crippen LogP contribution >= 0.6 is 0 Å². The highest BCUT2D eigenvalue weighted by Gasteiger charge is 2.24. The third-order valence-corrected chi connectivity index (χ3v) is 6.72. The number of benzene rings is 3. The standard InChI is InChI=1S/C27H31N3O3/c31-23(19-33-17-14-21-8-5-7-20-6-1-2-9-24(20)21)18-29-15-12-22(13-16-29)30-26-11-4-3-10-25(26)28-27(30)32/h1-11,22-23,31H,12-19H2,(H,28,32). The maximum absolute atomic E-state index is 12.5. The van der Waals surface area contributed by atoms with Crippen molar-refractivity contribution in [2.24, 2.45) is 0 Å². The van der Waals surface area contributed by atoms with Gasteiger partial charge < -0.3 is 19.7 Å². The molecule has 0 bridgehead atoms. The monoisotopic (exact) mass is 445 g/mol. The molecule has 1 aliphatic heterocycles. The molecule has 1 saturated heterocycles. The molecule has 0 spiro atoms. The summed E-state index contributed by atoms with van der Waals surface area (Å²) in [5.41, 5.74) is 3.10. The molecule has 6 heteroatoms. The number of nitrogens with one attached hydrogen (secondary N) is 1. The van der Waals surface area contributed by atoms with Crippen LogP contribution in [0.25, 0.3) is 21.8 Å². The van der Waals surface area contributed by atoms with E-state index in [9.17, 15) is 9.90 Å². The number of rotatable bonds is 8. The molecule has 2 N–H and O–H groups in total. The Kier molecular flexibility index (Phi) is 6.58. The van der Waals surface area contributed by atoms with Crippen LogP contribution in [0.2, 0.25) is 0 Å². The molecule has 2 heterocycles. The second-order valence-electron chi connectivity index (χ2n) is 8.97. The van der Waals surface area contributed by atoms with Crippen LogP contribution in [0.15, 0.2) is 71.5 Å². The first-order valence-electron chi connectivity index (χ1n) is 11.8. The highest BCUT2D eigenvalue weighted by molar-refractivity contribution is 5.85. The molecule has 0 saturated carbocycles. The van der Waals surface area contributed by atoms with Gasteiger partial charge >= 0.3 is 5.69 Å². The van der Waals surface area contributed by atoms with Gasteiger partial charge in [-0.2, -0.15) is 0 Å². The number of nitrogens with zero attached hydrogens (tertiary/aromatic N) is 2. The van der Waals surface area contributed by atoms with Gasteiger partial charge in [-0.15, -0.1) is 0 Å². The molecule has 0 amide bonds. The smallest absolute Gasteiger partial charge is 0.326 e. The summed E-state index contributed by atoms with van der Waals surface area (Å²) in [5.74, 6) is 0. The van der Waals surface area contributed by atoms with E-state index in [-0.39, 0.29) is 11.7 Å². The summed E-state index contributed by atoms with van der Waals surface area (Å²) in [6.45, 7) is 3.26. The number of aliphatic hydroxyl groups is 1. The highest BCUT2D eigenvalue weighted by Crippen LogP contribution is 2.25. The SMILES string of the molecule is O=c1[nH]c2ccccc2n1C1CCN(CC(O)COCCc2cccc3ccccc23)CC1. The van der Waals surface area contributed by atoms with E-state index >= 15 is 0 Å². The van der Waals surface area contributed by atoms with E-state index in [4.69, 9.17) is 4.74 Å². The number of piperidine rings is 1. The summed E-state index contributed by atoms with van der Waals surface area (Å²) < 4.78 is 7.71. The van der Waals surface area contributed by atoms with E-state index in [1.165, 1.54) is 16.3 Å². The van der Waals surface area contributed by atoms with Crippen LogP contribution < -0.4 is 5.69 Å². The number of fused-ring (bicyclic) bond motifs is 2. The molecular weight excluding hydrogens is 414 g/mol. The zero-order valence-corrected chi connectivity index (χ0v) is 18.8. The molecule has 3 aromatic carbocycles. The fourth-order valence-electron chi connectivity index (χ4n) is 5.06. The first-order valence-corrected chi connectivity index (χ1v) is 11.8. The van der Waals surface area contributed by atoms with E-state index in [0.29, 0.717) is 19.8 Å². The minimum Gasteiger partial charge on any atom is -0.389 e. The Balaban J connectivity index is 1.07. The highest BCUT2D eigenvalue weighted by atomic mass is 16.5. The number of hydrogen-bond acceptors (Lipinski definition) is 4. The van der Waals surface area contributed by atoms with Crippen LogP contribution in [0, 0.1) is 0 Å². The van der Waals surface area contributed by atoms with E-state index in [2.05, 4.69) is 52.3 Å². The number of H-pyrrole nitrogens is 1. The van der Waals surface area contributed by atoms with Gasteiger partial charge in [-0.1, -0.05) is 54.6 Å². The lowest BCUT2D eigenvalue weighted by molar-refractivity contribution is 0.0121. The van der Waals surface area contributed by atoms with Gasteiger partial charge in [0.1, 0.15) is 0 Å². The number of β-amino-alcohol motifs (C(OH)–C–C–N with tert-alkyl or cyclic N) is 1. The predicted octanol–water partition coefficient (Wildman–Crippen LogP) is 3.74. The lowest BCUT2D eigenvalue weighted by Gasteiger charge is -2.33. The minimum absolute atomic E-state index is 0.0331. The van der Waals surface area contributed by atoms with Crippen molar-refractivity contribution in [3.63, 3.8) is 0 Å². The molecule has 0 aliphatic carbocycles. The number of aromatic nitrogens is 2. The molecule has 172 valence electrons. The van der Waals surface area contributed by atoms with Crippen molar-refractivity contribution >= 4 is 21.8 Å². The molecule has 1 fully saturated rings. The Bertz CT molecular complexity index is 1270. The molecule has 33 heavy (non-hydrogen) atoms. The second-order valence-corrected chi connectivity index (χ2v) is 8.97. The lowest BCUT2D eigenvalue weighted by atomic mass is 10.0. The van der Waals surface area contributed by atoms with Crippen LogP contribution in [0.3, 0.4) is 0 Å². The number of aliphatic hydroxyl groups excluding tert-OH is 1. The normalized spacial score (nSPS) is 16.5. The van der Waals surface area contributed by atoms with E-state index in [0.717, 1.165) is 43.4 Å². The number of ether oxygens (including phenoxy) is 1. The fraction of sp³-hybridized carbons (Fsp3) is 0.370. The Labute approximate surface area is 193 Å². The maximum Gasteiger partial charge on any atom is 0.326 e. The molecule has 1 unspecified atom stereocenters. The third kappa shape index (κ3) is 4.88. The van der Waals surface area contributed by atoms with Gasteiger partial charge in [-0.3, -0.25) is 4.57 Å². The molecule has 5 rings (SSSR count). The van der Waals surface area contributed by atoms with Gasteiger partial charge in [0.15, 0.2) is 0 Å². The van der Waals surface area contributed by atoms with Crippen LogP contribution in [0.1, 0.15) is 24.4 Å². The quantitative estimate of drug-likeness (QED) is 0.406. The summed E-state index contributed by atoms with van der Waals surface area (Å²) in [7, 11) is 0. The molecule has 6 nitrogen and oxygen atoms in total. The fourth-order valence-corrected chi connectivity index (χ4v) is 5.06. The van der Waals surface area contributed by atoms with Crippen molar-refractivity contribution in [2.75, 3.05) is 32.8 Å². The predicted molar refractivity (Wildman–Crippen MR) is 132 cm³/mol. The number of likely N-dealkylation sites (tertiary alicyclic amines) is 1. The molecular formula is C27H31N3O3. The summed E-state index contributed by atoms with van der Waals surface area (Å²) in [6.07, 6.45) is 2.12. The first-order chi connectivity index (χ1) is 16.2.